The molecule has 0 radical (unpaired) electrons. The molecule has 0 atom stereocenters. The molecule has 0 spiro atoms. The van der Waals surface area contributed by atoms with E-state index in [0.29, 0.717) is 9.92 Å². The second-order valence-electron chi connectivity index (χ2n) is 5.20. The van der Waals surface area contributed by atoms with E-state index in [1.54, 1.807) is 36.5 Å². The van der Waals surface area contributed by atoms with Gasteiger partial charge in [-0.1, -0.05) is 29.8 Å². The number of sulfonamides is 1. The van der Waals surface area contributed by atoms with E-state index in [9.17, 15) is 8.42 Å². The van der Waals surface area contributed by atoms with E-state index in [2.05, 4.69) is 9.71 Å². The number of aryl methyl sites for hydroxylation is 2. The molecule has 126 valence electrons. The van der Waals surface area contributed by atoms with Gasteiger partial charge in [-0.05, 0) is 31.5 Å². The maximum atomic E-state index is 12.6. The molecule has 0 aliphatic rings. The van der Waals surface area contributed by atoms with E-state index in [0.717, 1.165) is 26.0 Å². The van der Waals surface area contributed by atoms with Crippen molar-refractivity contribution in [2.24, 2.45) is 0 Å². The van der Waals surface area contributed by atoms with Gasteiger partial charge in [0.25, 0.3) is 0 Å². The zero-order valence-corrected chi connectivity index (χ0v) is 16.2. The quantitative estimate of drug-likeness (QED) is 0.682. The van der Waals surface area contributed by atoms with Crippen LogP contribution in [0.3, 0.4) is 0 Å². The van der Waals surface area contributed by atoms with Crippen LogP contribution in [0.15, 0.2) is 40.6 Å². The maximum absolute atomic E-state index is 12.6. The lowest BCUT2D eigenvalue weighted by molar-refractivity contribution is 0.581. The highest BCUT2D eigenvalue weighted by molar-refractivity contribution is 7.89. The Balaban J connectivity index is 1.85. The van der Waals surface area contributed by atoms with Gasteiger partial charge in [0.2, 0.25) is 10.0 Å². The van der Waals surface area contributed by atoms with Gasteiger partial charge >= 0.3 is 0 Å². The summed E-state index contributed by atoms with van der Waals surface area (Å²) in [6, 6.07) is 8.86. The zero-order chi connectivity index (χ0) is 17.3. The minimum absolute atomic E-state index is 0.155. The number of hydrogen-bond acceptors (Lipinski definition) is 5. The van der Waals surface area contributed by atoms with Gasteiger partial charge in [0, 0.05) is 21.8 Å². The van der Waals surface area contributed by atoms with Gasteiger partial charge < -0.3 is 0 Å². The van der Waals surface area contributed by atoms with Crippen molar-refractivity contribution in [1.82, 2.24) is 9.71 Å². The fraction of sp³-hybridized carbons (Fsp3) is 0.188. The molecule has 1 aromatic carbocycles. The van der Waals surface area contributed by atoms with Gasteiger partial charge in [-0.3, -0.25) is 0 Å². The van der Waals surface area contributed by atoms with Gasteiger partial charge in [0.05, 0.1) is 20.5 Å². The Morgan fingerprint density at radius 3 is 2.67 bits per heavy atom. The van der Waals surface area contributed by atoms with Gasteiger partial charge in [0.1, 0.15) is 0 Å². The highest BCUT2D eigenvalue weighted by atomic mass is 35.5. The molecule has 0 aliphatic heterocycles. The molecule has 0 bridgehead atoms. The molecule has 1 N–H and O–H groups in total. The van der Waals surface area contributed by atoms with Crippen LogP contribution in [-0.4, -0.2) is 13.4 Å². The zero-order valence-electron chi connectivity index (χ0n) is 13.0. The average Bonchev–Trinajstić information content (AvgIpc) is 3.13. The van der Waals surface area contributed by atoms with Crippen molar-refractivity contribution in [2.75, 3.05) is 0 Å². The van der Waals surface area contributed by atoms with E-state index < -0.39 is 10.0 Å². The SMILES string of the molecule is Cc1nc(-c2cc(S(=O)(=O)NCc3ccccc3Cl)c(C)s2)cs1. The van der Waals surface area contributed by atoms with Gasteiger partial charge in [-0.25, -0.2) is 18.1 Å². The summed E-state index contributed by atoms with van der Waals surface area (Å²) < 4.78 is 27.9. The van der Waals surface area contributed by atoms with Gasteiger partial charge in [-0.2, -0.15) is 0 Å². The number of thiazole rings is 1. The second-order valence-corrected chi connectivity index (χ2v) is 9.66. The van der Waals surface area contributed by atoms with E-state index in [4.69, 9.17) is 11.6 Å². The monoisotopic (exact) mass is 398 g/mol. The van der Waals surface area contributed by atoms with Crippen molar-refractivity contribution >= 4 is 44.3 Å². The van der Waals surface area contributed by atoms with Gasteiger partial charge in [0.15, 0.2) is 0 Å². The van der Waals surface area contributed by atoms with Crippen LogP contribution in [0, 0.1) is 13.8 Å². The van der Waals surface area contributed by atoms with Crippen LogP contribution >= 0.6 is 34.3 Å². The maximum Gasteiger partial charge on any atom is 0.241 e. The standard InChI is InChI=1S/C16H15ClN2O2S3/c1-10-16(7-15(23-10)14-9-22-11(2)19-14)24(20,21)18-8-12-5-3-4-6-13(12)17/h3-7,9,18H,8H2,1-2H3. The Morgan fingerprint density at radius 1 is 1.25 bits per heavy atom. The molecule has 0 saturated heterocycles. The third kappa shape index (κ3) is 3.70. The number of benzene rings is 1. The summed E-state index contributed by atoms with van der Waals surface area (Å²) >= 11 is 9.06. The number of halogens is 1. The molecule has 0 fully saturated rings. The molecule has 2 aromatic heterocycles. The molecule has 0 saturated carbocycles. The summed E-state index contributed by atoms with van der Waals surface area (Å²) in [5.41, 5.74) is 1.56. The number of rotatable bonds is 5. The molecule has 2 heterocycles. The topological polar surface area (TPSA) is 59.1 Å². The molecule has 0 aliphatic carbocycles. The Morgan fingerprint density at radius 2 is 2.00 bits per heavy atom. The summed E-state index contributed by atoms with van der Waals surface area (Å²) in [4.78, 5) is 6.31. The third-order valence-electron chi connectivity index (χ3n) is 3.44. The lowest BCUT2D eigenvalue weighted by Crippen LogP contribution is -2.23. The lowest BCUT2D eigenvalue weighted by Gasteiger charge is -2.07. The van der Waals surface area contributed by atoms with E-state index in [1.807, 2.05) is 24.4 Å². The van der Waals surface area contributed by atoms with E-state index in [1.165, 1.54) is 11.3 Å². The minimum Gasteiger partial charge on any atom is -0.241 e. The number of hydrogen-bond donors (Lipinski definition) is 1. The van der Waals surface area contributed by atoms with Gasteiger partial charge in [-0.15, -0.1) is 22.7 Å². The summed E-state index contributed by atoms with van der Waals surface area (Å²) in [6.45, 7) is 3.89. The minimum atomic E-state index is -3.61. The molecule has 3 rings (SSSR count). The predicted octanol–water partition coefficient (Wildman–Crippen LogP) is 4.62. The molecule has 0 amide bonds. The van der Waals surface area contributed by atoms with Crippen LogP contribution in [0.25, 0.3) is 10.6 Å². The molecule has 4 nitrogen and oxygen atoms in total. The summed E-state index contributed by atoms with van der Waals surface area (Å²) in [5.74, 6) is 0. The molecular formula is C16H15ClN2O2S3. The summed E-state index contributed by atoms with van der Waals surface area (Å²) in [5, 5.41) is 3.44. The second kappa shape index (κ2) is 6.93. The van der Waals surface area contributed by atoms with Crippen molar-refractivity contribution in [3.63, 3.8) is 0 Å². The lowest BCUT2D eigenvalue weighted by atomic mass is 10.2. The highest BCUT2D eigenvalue weighted by Gasteiger charge is 2.21. The normalized spacial score (nSPS) is 11.8. The Hall–Kier alpha value is -1.25. The molecule has 0 unspecified atom stereocenters. The molecule has 24 heavy (non-hydrogen) atoms. The fourth-order valence-electron chi connectivity index (χ4n) is 2.23. The van der Waals surface area contributed by atoms with Crippen molar-refractivity contribution < 1.29 is 8.42 Å². The smallest absolute Gasteiger partial charge is 0.241 e. The summed E-state index contributed by atoms with van der Waals surface area (Å²) in [7, 11) is -3.61. The van der Waals surface area contributed by atoms with Crippen LogP contribution in [0.5, 0.6) is 0 Å². The molecule has 3 aromatic rings. The van der Waals surface area contributed by atoms with Crippen molar-refractivity contribution in [3.05, 3.63) is 56.2 Å². The number of aromatic nitrogens is 1. The largest absolute Gasteiger partial charge is 0.241 e. The van der Waals surface area contributed by atoms with Crippen molar-refractivity contribution in [2.45, 2.75) is 25.3 Å². The first kappa shape index (κ1) is 17.6. The Kier molecular flexibility index (Phi) is 5.08. The van der Waals surface area contributed by atoms with Crippen molar-refractivity contribution in [3.8, 4) is 10.6 Å². The predicted molar refractivity (Wildman–Crippen MR) is 100 cm³/mol. The number of nitrogens with zero attached hydrogens (tertiary/aromatic N) is 1. The van der Waals surface area contributed by atoms with Crippen molar-refractivity contribution in [1.29, 1.82) is 0 Å². The summed E-state index contributed by atoms with van der Waals surface area (Å²) in [6.07, 6.45) is 0. The Labute approximate surface area is 154 Å². The molecular weight excluding hydrogens is 384 g/mol. The number of thiophene rings is 1. The van der Waals surface area contributed by atoms with E-state index in [-0.39, 0.29) is 6.54 Å². The fourth-order valence-corrected chi connectivity index (χ4v) is 5.67. The van der Waals surface area contributed by atoms with Crippen LogP contribution in [0.4, 0.5) is 0 Å². The first-order valence-electron chi connectivity index (χ1n) is 7.13. The van der Waals surface area contributed by atoms with Crippen LogP contribution in [0.1, 0.15) is 15.4 Å². The number of nitrogens with one attached hydrogen (secondary N) is 1. The first-order chi connectivity index (χ1) is 11.4. The third-order valence-corrected chi connectivity index (χ3v) is 7.32. The van der Waals surface area contributed by atoms with Crippen LogP contribution in [0.2, 0.25) is 5.02 Å². The first-order valence-corrected chi connectivity index (χ1v) is 10.7. The van der Waals surface area contributed by atoms with Crippen LogP contribution < -0.4 is 4.72 Å². The van der Waals surface area contributed by atoms with Crippen LogP contribution in [-0.2, 0) is 16.6 Å². The Bertz CT molecular complexity index is 977. The van der Waals surface area contributed by atoms with E-state index >= 15 is 0 Å². The highest BCUT2D eigenvalue weighted by Crippen LogP contribution is 2.34. The average molecular weight is 399 g/mol. The molecule has 8 heteroatoms.